The maximum Gasteiger partial charge on any atom is 0.253 e. The van der Waals surface area contributed by atoms with Crippen LogP contribution < -0.4 is 11.3 Å². The van der Waals surface area contributed by atoms with Crippen LogP contribution in [0.25, 0.3) is 0 Å². The van der Waals surface area contributed by atoms with Gasteiger partial charge in [0.25, 0.3) is 5.91 Å². The zero-order valence-electron chi connectivity index (χ0n) is 10.7. The van der Waals surface area contributed by atoms with Crippen LogP contribution in [0, 0.1) is 11.8 Å². The lowest BCUT2D eigenvalue weighted by atomic mass is 10.00. The zero-order chi connectivity index (χ0) is 13.4. The standard InChI is InChI=1S/C14H19N3O2/c15-16-11-4-1-9(2-5-11)14(19)17-7-10-3-6-13(18)12(10)8-17/h1-2,4-5,10,12-13,16,18H,3,6-8,15H2. The van der Waals surface area contributed by atoms with E-state index >= 15 is 0 Å². The molecule has 1 saturated heterocycles. The minimum atomic E-state index is -0.230. The van der Waals surface area contributed by atoms with E-state index in [1.54, 1.807) is 24.3 Å². The Balaban J connectivity index is 1.71. The Morgan fingerprint density at radius 3 is 2.63 bits per heavy atom. The third-order valence-electron chi connectivity index (χ3n) is 4.40. The van der Waals surface area contributed by atoms with Crippen LogP contribution in [0.1, 0.15) is 23.2 Å². The topological polar surface area (TPSA) is 78.6 Å². The molecule has 1 amide bonds. The van der Waals surface area contributed by atoms with Crippen LogP contribution in [0.2, 0.25) is 0 Å². The number of nitrogens with one attached hydrogen (secondary N) is 1. The number of rotatable bonds is 2. The maximum atomic E-state index is 12.4. The number of amides is 1. The third-order valence-corrected chi connectivity index (χ3v) is 4.40. The molecule has 1 aliphatic heterocycles. The number of hydrogen-bond acceptors (Lipinski definition) is 4. The van der Waals surface area contributed by atoms with Crippen molar-refractivity contribution in [2.75, 3.05) is 18.5 Å². The van der Waals surface area contributed by atoms with E-state index < -0.39 is 0 Å². The summed E-state index contributed by atoms with van der Waals surface area (Å²) >= 11 is 0. The summed E-state index contributed by atoms with van der Waals surface area (Å²) in [5, 5.41) is 9.88. The van der Waals surface area contributed by atoms with Gasteiger partial charge in [-0.1, -0.05) is 0 Å². The molecule has 4 N–H and O–H groups in total. The number of benzene rings is 1. The molecule has 0 aromatic heterocycles. The van der Waals surface area contributed by atoms with Gasteiger partial charge in [-0.15, -0.1) is 0 Å². The molecule has 1 heterocycles. The second-order valence-electron chi connectivity index (χ2n) is 5.50. The molecule has 0 spiro atoms. The summed E-state index contributed by atoms with van der Waals surface area (Å²) in [4.78, 5) is 14.2. The fourth-order valence-electron chi connectivity index (χ4n) is 3.29. The molecule has 1 aliphatic carbocycles. The average Bonchev–Trinajstić information content (AvgIpc) is 3.01. The molecule has 3 unspecified atom stereocenters. The van der Waals surface area contributed by atoms with Crippen LogP contribution in [0.3, 0.4) is 0 Å². The lowest BCUT2D eigenvalue weighted by Crippen LogP contribution is -2.31. The van der Waals surface area contributed by atoms with Crippen LogP contribution in [0.4, 0.5) is 5.69 Å². The van der Waals surface area contributed by atoms with E-state index in [0.29, 0.717) is 18.0 Å². The van der Waals surface area contributed by atoms with E-state index in [4.69, 9.17) is 5.84 Å². The van der Waals surface area contributed by atoms with Crippen molar-refractivity contribution >= 4 is 11.6 Å². The van der Waals surface area contributed by atoms with Crippen molar-refractivity contribution in [2.45, 2.75) is 18.9 Å². The number of nitrogens with two attached hydrogens (primary N) is 1. The van der Waals surface area contributed by atoms with Crippen molar-refractivity contribution in [2.24, 2.45) is 17.7 Å². The number of nitrogen functional groups attached to an aromatic ring is 1. The van der Waals surface area contributed by atoms with Gasteiger partial charge in [0.15, 0.2) is 0 Å². The number of likely N-dealkylation sites (tertiary alicyclic amines) is 1. The lowest BCUT2D eigenvalue weighted by molar-refractivity contribution is 0.0752. The highest BCUT2D eigenvalue weighted by Gasteiger charge is 2.43. The van der Waals surface area contributed by atoms with Gasteiger partial charge in [0.1, 0.15) is 0 Å². The molecule has 3 rings (SSSR count). The van der Waals surface area contributed by atoms with Gasteiger partial charge >= 0.3 is 0 Å². The molecule has 1 saturated carbocycles. The van der Waals surface area contributed by atoms with Crippen molar-refractivity contribution in [1.29, 1.82) is 0 Å². The Labute approximate surface area is 112 Å². The summed E-state index contributed by atoms with van der Waals surface area (Å²) in [5.41, 5.74) is 4.00. The Morgan fingerprint density at radius 2 is 2.00 bits per heavy atom. The van der Waals surface area contributed by atoms with Crippen LogP contribution >= 0.6 is 0 Å². The summed E-state index contributed by atoms with van der Waals surface area (Å²) in [7, 11) is 0. The number of aliphatic hydroxyl groups is 1. The van der Waals surface area contributed by atoms with Gasteiger partial charge in [-0.05, 0) is 43.0 Å². The first-order valence-corrected chi connectivity index (χ1v) is 6.73. The molecule has 0 radical (unpaired) electrons. The van der Waals surface area contributed by atoms with E-state index in [1.165, 1.54) is 0 Å². The summed E-state index contributed by atoms with van der Waals surface area (Å²) in [6, 6.07) is 7.14. The fourth-order valence-corrected chi connectivity index (χ4v) is 3.29. The van der Waals surface area contributed by atoms with E-state index in [1.807, 2.05) is 4.90 Å². The minimum absolute atomic E-state index is 0.0465. The molecule has 5 heteroatoms. The van der Waals surface area contributed by atoms with Gasteiger partial charge in [-0.3, -0.25) is 10.6 Å². The van der Waals surface area contributed by atoms with Crippen molar-refractivity contribution in [3.8, 4) is 0 Å². The summed E-state index contributed by atoms with van der Waals surface area (Å²) in [6.07, 6.45) is 1.69. The predicted molar refractivity (Wildman–Crippen MR) is 72.4 cm³/mol. The molecule has 1 aromatic rings. The monoisotopic (exact) mass is 261 g/mol. The van der Waals surface area contributed by atoms with E-state index in [-0.39, 0.29) is 17.9 Å². The quantitative estimate of drug-likeness (QED) is 0.544. The van der Waals surface area contributed by atoms with E-state index in [0.717, 1.165) is 25.1 Å². The van der Waals surface area contributed by atoms with Crippen molar-refractivity contribution in [3.63, 3.8) is 0 Å². The summed E-state index contributed by atoms with van der Waals surface area (Å²) in [6.45, 7) is 1.46. The molecule has 5 nitrogen and oxygen atoms in total. The molecule has 19 heavy (non-hydrogen) atoms. The highest BCUT2D eigenvalue weighted by Crippen LogP contribution is 2.38. The number of aliphatic hydroxyl groups excluding tert-OH is 1. The number of nitrogens with zero attached hydrogens (tertiary/aromatic N) is 1. The highest BCUT2D eigenvalue weighted by atomic mass is 16.3. The number of hydrazine groups is 1. The van der Waals surface area contributed by atoms with E-state index in [9.17, 15) is 9.90 Å². The molecule has 0 bridgehead atoms. The fraction of sp³-hybridized carbons (Fsp3) is 0.500. The van der Waals surface area contributed by atoms with Crippen LogP contribution in [-0.4, -0.2) is 35.1 Å². The maximum absolute atomic E-state index is 12.4. The minimum Gasteiger partial charge on any atom is -0.393 e. The number of fused-ring (bicyclic) bond motifs is 1. The Kier molecular flexibility index (Phi) is 3.16. The van der Waals surface area contributed by atoms with Crippen molar-refractivity contribution in [1.82, 2.24) is 4.90 Å². The highest BCUT2D eigenvalue weighted by molar-refractivity contribution is 5.94. The number of anilines is 1. The molecule has 3 atom stereocenters. The SMILES string of the molecule is NNc1ccc(C(=O)N2CC3CCC(O)C3C2)cc1. The first-order valence-electron chi connectivity index (χ1n) is 6.73. The molecular formula is C14H19N3O2. The number of hydrogen-bond donors (Lipinski definition) is 3. The molecule has 102 valence electrons. The second-order valence-corrected chi connectivity index (χ2v) is 5.50. The number of carbonyl (C=O) groups is 1. The Bertz CT molecular complexity index is 474. The predicted octanol–water partition coefficient (Wildman–Crippen LogP) is 0.815. The van der Waals surface area contributed by atoms with Gasteiger partial charge in [-0.25, -0.2) is 0 Å². The van der Waals surface area contributed by atoms with Gasteiger partial charge in [0.05, 0.1) is 6.10 Å². The Hall–Kier alpha value is -1.59. The molecular weight excluding hydrogens is 242 g/mol. The summed E-state index contributed by atoms with van der Waals surface area (Å²) in [5.74, 6) is 6.10. The van der Waals surface area contributed by atoms with Crippen LogP contribution in [0.5, 0.6) is 0 Å². The largest absolute Gasteiger partial charge is 0.393 e. The molecule has 2 fully saturated rings. The second kappa shape index (κ2) is 4.83. The van der Waals surface area contributed by atoms with E-state index in [2.05, 4.69) is 5.43 Å². The average molecular weight is 261 g/mol. The smallest absolute Gasteiger partial charge is 0.253 e. The van der Waals surface area contributed by atoms with Gasteiger partial charge in [0.2, 0.25) is 0 Å². The van der Waals surface area contributed by atoms with Crippen LogP contribution in [-0.2, 0) is 0 Å². The zero-order valence-corrected chi connectivity index (χ0v) is 10.7. The third kappa shape index (κ3) is 2.19. The molecule has 1 aromatic carbocycles. The first-order chi connectivity index (χ1) is 9.19. The van der Waals surface area contributed by atoms with Gasteiger partial charge in [-0.2, -0.15) is 0 Å². The van der Waals surface area contributed by atoms with Crippen molar-refractivity contribution in [3.05, 3.63) is 29.8 Å². The Morgan fingerprint density at radius 1 is 1.26 bits per heavy atom. The summed E-state index contributed by atoms with van der Waals surface area (Å²) < 4.78 is 0. The van der Waals surface area contributed by atoms with Gasteiger partial charge in [0, 0.05) is 30.3 Å². The van der Waals surface area contributed by atoms with Crippen LogP contribution in [0.15, 0.2) is 24.3 Å². The normalized spacial score (nSPS) is 29.4. The first kappa shape index (κ1) is 12.4. The van der Waals surface area contributed by atoms with Gasteiger partial charge < -0.3 is 15.4 Å². The van der Waals surface area contributed by atoms with Crippen molar-refractivity contribution < 1.29 is 9.90 Å². The number of carbonyl (C=O) groups excluding carboxylic acids is 1. The lowest BCUT2D eigenvalue weighted by Gasteiger charge is -2.18. The molecule has 2 aliphatic rings.